The number of benzene rings is 2. The van der Waals surface area contributed by atoms with Crippen molar-refractivity contribution in [3.05, 3.63) is 59.7 Å². The molecule has 2 heterocycles. The van der Waals surface area contributed by atoms with Gasteiger partial charge in [0.1, 0.15) is 17.5 Å². The van der Waals surface area contributed by atoms with Gasteiger partial charge in [-0.1, -0.05) is 30.7 Å². The summed E-state index contributed by atoms with van der Waals surface area (Å²) in [6, 6.07) is 17.0. The first kappa shape index (κ1) is 16.5. The quantitative estimate of drug-likeness (QED) is 0.652. The van der Waals surface area contributed by atoms with Crippen molar-refractivity contribution in [3.8, 4) is 11.5 Å². The smallest absolute Gasteiger partial charge is 0.401 e. The third kappa shape index (κ3) is 2.75. The highest BCUT2D eigenvalue weighted by atomic mass is 16.7. The van der Waals surface area contributed by atoms with Gasteiger partial charge in [-0.25, -0.2) is 0 Å². The van der Waals surface area contributed by atoms with Crippen molar-refractivity contribution in [2.45, 2.75) is 58.0 Å². The number of hydrogen-bond donors (Lipinski definition) is 0. The van der Waals surface area contributed by atoms with Gasteiger partial charge in [0.25, 0.3) is 0 Å². The van der Waals surface area contributed by atoms with E-state index in [1.54, 1.807) is 0 Å². The molecule has 4 heteroatoms. The number of nitrogens with zero attached hydrogens (tertiary/aromatic N) is 2. The number of para-hydroxylation sites is 2. The maximum atomic E-state index is 6.47. The summed E-state index contributed by atoms with van der Waals surface area (Å²) in [6.45, 7) is 4.29. The molecule has 2 aliphatic heterocycles. The average Bonchev–Trinajstić information content (AvgIpc) is 2.74. The van der Waals surface area contributed by atoms with Crippen LogP contribution in [-0.4, -0.2) is 34.5 Å². The Morgan fingerprint density at radius 3 is 2.26 bits per heavy atom. The van der Waals surface area contributed by atoms with Crippen LogP contribution in [0.15, 0.2) is 53.5 Å². The van der Waals surface area contributed by atoms with Crippen LogP contribution >= 0.6 is 0 Å². The van der Waals surface area contributed by atoms with E-state index in [0.717, 1.165) is 41.2 Å². The summed E-state index contributed by atoms with van der Waals surface area (Å²) in [5, 5.41) is 0. The van der Waals surface area contributed by atoms with Crippen LogP contribution in [0.1, 0.15) is 50.7 Å². The van der Waals surface area contributed by atoms with Gasteiger partial charge in [0.2, 0.25) is 0 Å². The lowest BCUT2D eigenvalue weighted by molar-refractivity contribution is -0.675. The fourth-order valence-electron chi connectivity index (χ4n) is 4.68. The second-order valence-electron chi connectivity index (χ2n) is 7.66. The van der Waals surface area contributed by atoms with Crippen molar-refractivity contribution in [2.24, 2.45) is 4.99 Å². The molecule has 2 aromatic rings. The molecule has 0 N–H and O–H groups in total. The molecule has 0 saturated heterocycles. The van der Waals surface area contributed by atoms with E-state index >= 15 is 0 Å². The molecule has 0 amide bonds. The van der Waals surface area contributed by atoms with Crippen molar-refractivity contribution >= 4 is 11.4 Å². The molecule has 3 unspecified atom stereocenters. The minimum atomic E-state index is -0.465. The zero-order valence-electron chi connectivity index (χ0n) is 15.9. The van der Waals surface area contributed by atoms with E-state index in [9.17, 15) is 0 Å². The summed E-state index contributed by atoms with van der Waals surface area (Å²) in [6.07, 6.45) is 4.21. The van der Waals surface area contributed by atoms with Gasteiger partial charge < -0.3 is 9.47 Å². The van der Waals surface area contributed by atoms with Gasteiger partial charge in [-0.2, -0.15) is 4.58 Å². The topological polar surface area (TPSA) is 33.8 Å². The Balaban J connectivity index is 1.72. The third-order valence-electron chi connectivity index (χ3n) is 6.03. The lowest BCUT2D eigenvalue weighted by Crippen LogP contribution is -2.52. The van der Waals surface area contributed by atoms with Crippen molar-refractivity contribution in [3.63, 3.8) is 0 Å². The molecule has 2 aromatic carbocycles. The van der Waals surface area contributed by atoms with E-state index < -0.39 is 6.41 Å². The third-order valence-corrected chi connectivity index (χ3v) is 6.03. The van der Waals surface area contributed by atoms with E-state index in [2.05, 4.69) is 36.6 Å². The van der Waals surface area contributed by atoms with E-state index in [1.807, 2.05) is 30.3 Å². The molecule has 27 heavy (non-hydrogen) atoms. The summed E-state index contributed by atoms with van der Waals surface area (Å²) in [7, 11) is 0. The Hall–Kier alpha value is -2.62. The Labute approximate surface area is 160 Å². The van der Waals surface area contributed by atoms with Crippen molar-refractivity contribution in [2.75, 3.05) is 0 Å². The summed E-state index contributed by atoms with van der Waals surface area (Å²) in [5.74, 6) is 1.72. The zero-order chi connectivity index (χ0) is 18.4. The Bertz CT molecular complexity index is 947. The summed E-state index contributed by atoms with van der Waals surface area (Å²) < 4.78 is 15.2. The number of fused-ring (bicyclic) bond motifs is 5. The molecule has 4 nitrogen and oxygen atoms in total. The fourth-order valence-corrected chi connectivity index (χ4v) is 4.68. The van der Waals surface area contributed by atoms with Gasteiger partial charge in [-0.05, 0) is 44.0 Å². The maximum Gasteiger partial charge on any atom is 0.463 e. The lowest BCUT2D eigenvalue weighted by Gasteiger charge is -2.32. The Kier molecular flexibility index (Phi) is 4.00. The minimum absolute atomic E-state index is 0.264. The number of aliphatic imine (C=N–C) groups is 1. The standard InChI is InChI=1S/C23H25N2O2/c1-15-17-9-3-7-13-21(17)26-23-25(20-12-6-5-11-19(20)24-15)16(2)18-10-4-8-14-22(18)27-23/h3-4,7-10,13-14,19-20,23H,5-6,11-12H2,1-2H3/q+1. The fraction of sp³-hybridized carbons (Fsp3) is 0.391. The maximum absolute atomic E-state index is 6.47. The first-order valence-electron chi connectivity index (χ1n) is 9.91. The van der Waals surface area contributed by atoms with E-state index in [0.29, 0.717) is 6.04 Å². The summed E-state index contributed by atoms with van der Waals surface area (Å²) >= 11 is 0. The van der Waals surface area contributed by atoms with Crippen LogP contribution in [0.4, 0.5) is 0 Å². The summed E-state index contributed by atoms with van der Waals surface area (Å²) in [5.41, 5.74) is 4.47. The molecule has 0 spiro atoms. The van der Waals surface area contributed by atoms with Gasteiger partial charge in [0, 0.05) is 24.6 Å². The second-order valence-corrected chi connectivity index (χ2v) is 7.66. The van der Waals surface area contributed by atoms with Gasteiger partial charge in [-0.15, -0.1) is 0 Å². The molecule has 1 aliphatic carbocycles. The van der Waals surface area contributed by atoms with Crippen LogP contribution in [-0.2, 0) is 0 Å². The van der Waals surface area contributed by atoms with Crippen LogP contribution in [0, 0.1) is 0 Å². The highest BCUT2D eigenvalue weighted by Gasteiger charge is 2.45. The molecule has 3 atom stereocenters. The van der Waals surface area contributed by atoms with Crippen LogP contribution in [0.2, 0.25) is 0 Å². The summed E-state index contributed by atoms with van der Waals surface area (Å²) in [4.78, 5) is 5.17. The number of ether oxygens (including phenoxy) is 2. The van der Waals surface area contributed by atoms with Crippen LogP contribution in [0.3, 0.4) is 0 Å². The lowest BCUT2D eigenvalue weighted by atomic mass is 9.89. The molecule has 1 fully saturated rings. The SMILES string of the molecule is CC1=NC2CCCCC2[N+]2=C(C)c3ccccc3OC2Oc2ccccc21. The predicted molar refractivity (Wildman–Crippen MR) is 106 cm³/mol. The monoisotopic (exact) mass is 361 g/mol. The van der Waals surface area contributed by atoms with Crippen LogP contribution < -0.4 is 9.47 Å². The van der Waals surface area contributed by atoms with E-state index in [4.69, 9.17) is 14.5 Å². The zero-order valence-corrected chi connectivity index (χ0v) is 15.9. The first-order chi connectivity index (χ1) is 13.2. The highest BCUT2D eigenvalue weighted by molar-refractivity contribution is 6.01. The van der Waals surface area contributed by atoms with Gasteiger partial charge in [-0.3, -0.25) is 4.99 Å². The first-order valence-corrected chi connectivity index (χ1v) is 9.91. The van der Waals surface area contributed by atoms with E-state index in [1.165, 1.54) is 18.6 Å². The molecule has 3 aliphatic rings. The largest absolute Gasteiger partial charge is 0.463 e. The molecule has 138 valence electrons. The molecular formula is C23H25N2O2+. The van der Waals surface area contributed by atoms with Crippen LogP contribution in [0.5, 0.6) is 11.5 Å². The van der Waals surface area contributed by atoms with Crippen molar-refractivity contribution < 1.29 is 14.0 Å². The van der Waals surface area contributed by atoms with Gasteiger partial charge in [0.05, 0.1) is 5.56 Å². The molecule has 0 bridgehead atoms. The molecular weight excluding hydrogens is 336 g/mol. The van der Waals surface area contributed by atoms with Gasteiger partial charge >= 0.3 is 6.41 Å². The molecule has 0 aromatic heterocycles. The van der Waals surface area contributed by atoms with Crippen molar-refractivity contribution in [1.29, 1.82) is 0 Å². The molecule has 0 radical (unpaired) electrons. The van der Waals surface area contributed by atoms with E-state index in [-0.39, 0.29) is 6.04 Å². The van der Waals surface area contributed by atoms with Crippen LogP contribution in [0.25, 0.3) is 0 Å². The predicted octanol–water partition coefficient (Wildman–Crippen LogP) is 4.40. The molecule has 1 saturated carbocycles. The Morgan fingerprint density at radius 1 is 0.852 bits per heavy atom. The Morgan fingerprint density at radius 2 is 1.48 bits per heavy atom. The number of hydrogen-bond acceptors (Lipinski definition) is 3. The molecule has 5 rings (SSSR count). The average molecular weight is 361 g/mol. The minimum Gasteiger partial charge on any atom is -0.401 e. The van der Waals surface area contributed by atoms with Crippen molar-refractivity contribution in [1.82, 2.24) is 0 Å². The highest BCUT2D eigenvalue weighted by Crippen LogP contribution is 2.34. The normalized spacial score (nSPS) is 26.6. The second kappa shape index (κ2) is 6.52. The van der Waals surface area contributed by atoms with Gasteiger partial charge in [0.15, 0.2) is 11.8 Å². The number of rotatable bonds is 0.